The predicted molar refractivity (Wildman–Crippen MR) is 107 cm³/mol. The normalized spacial score (nSPS) is 13.4. The Morgan fingerprint density at radius 3 is 1.23 bits per heavy atom. The summed E-state index contributed by atoms with van der Waals surface area (Å²) in [6, 6.07) is 0. The molecule has 0 saturated carbocycles. The van der Waals surface area contributed by atoms with Gasteiger partial charge in [-0.25, -0.2) is 22.3 Å². The van der Waals surface area contributed by atoms with E-state index in [0.717, 1.165) is 25.7 Å². The average molecular weight is 395 g/mol. The van der Waals surface area contributed by atoms with Crippen LogP contribution in [0.2, 0.25) is 0 Å². The van der Waals surface area contributed by atoms with Crippen LogP contribution in [-0.4, -0.2) is 7.63 Å². The first-order valence-corrected chi connectivity index (χ1v) is 10.6. The second-order valence-electron chi connectivity index (χ2n) is 4.20. The molecule has 0 aromatic carbocycles. The van der Waals surface area contributed by atoms with Crippen LogP contribution in [0.3, 0.4) is 0 Å². The van der Waals surface area contributed by atoms with Gasteiger partial charge in [0.05, 0.1) is 0 Å². The molecule has 0 unspecified atom stereocenters. The molecule has 0 atom stereocenters. The van der Waals surface area contributed by atoms with Crippen LogP contribution in [0.5, 0.6) is 0 Å². The molecule has 0 aliphatic heterocycles. The van der Waals surface area contributed by atoms with E-state index in [1.807, 2.05) is 26.8 Å². The first-order valence-electron chi connectivity index (χ1n) is 6.58. The summed E-state index contributed by atoms with van der Waals surface area (Å²) in [5.41, 5.74) is 5.66. The van der Waals surface area contributed by atoms with Crippen molar-refractivity contribution in [1.29, 1.82) is 0 Å². The van der Waals surface area contributed by atoms with Crippen molar-refractivity contribution in [2.45, 2.75) is 53.4 Å². The van der Waals surface area contributed by atoms with Crippen LogP contribution in [0.25, 0.3) is 0 Å². The Kier molecular flexibility index (Phi) is 33.1. The summed E-state index contributed by atoms with van der Waals surface area (Å²) >= 11 is 2.03. The van der Waals surface area contributed by atoms with Crippen LogP contribution in [0.15, 0.2) is 34.4 Å². The summed E-state index contributed by atoms with van der Waals surface area (Å²) in [5, 5.41) is 0. The first kappa shape index (κ1) is 33.9. The van der Waals surface area contributed by atoms with Gasteiger partial charge in [0.2, 0.25) is 0 Å². The SMILES string of the molecule is CCC1=[C-]CC=C1C.CCC1=[C-]CC=C1C.Cl.Cl.[CH3-].[CH3-].[SiH2]=[Ti]. The van der Waals surface area contributed by atoms with E-state index in [-0.39, 0.29) is 39.7 Å². The molecule has 0 bridgehead atoms. The van der Waals surface area contributed by atoms with Gasteiger partial charge in [0.1, 0.15) is 0 Å². The van der Waals surface area contributed by atoms with Crippen molar-refractivity contribution in [3.63, 3.8) is 0 Å². The third-order valence-corrected chi connectivity index (χ3v) is 3.11. The van der Waals surface area contributed by atoms with Crippen LogP contribution in [0.4, 0.5) is 0 Å². The fourth-order valence-electron chi connectivity index (χ4n) is 1.99. The summed E-state index contributed by atoms with van der Waals surface area (Å²) in [4.78, 5) is 0. The van der Waals surface area contributed by atoms with Gasteiger partial charge in [0.25, 0.3) is 0 Å². The van der Waals surface area contributed by atoms with Gasteiger partial charge in [-0.3, -0.25) is 12.2 Å². The molecule has 2 rings (SSSR count). The number of allylic oxidation sites excluding steroid dienone is 8. The van der Waals surface area contributed by atoms with Gasteiger partial charge in [-0.05, 0) is 0 Å². The zero-order valence-electron chi connectivity index (χ0n) is 15.0. The molecule has 0 N–H and O–H groups in total. The molecule has 0 aromatic heterocycles. The topological polar surface area (TPSA) is 0 Å². The van der Waals surface area contributed by atoms with Gasteiger partial charge < -0.3 is 14.9 Å². The molecule has 22 heavy (non-hydrogen) atoms. The van der Waals surface area contributed by atoms with Gasteiger partial charge in [-0.15, -0.1) is 51.5 Å². The molecule has 0 heterocycles. The standard InChI is InChI=1S/2C8H11.2CH3.2ClH.H2Si.Ti/c2*1-3-8-6-4-5-7(8)2;;;;;;/h2*5H,3-4H2,1-2H3;2*1H3;2*1H;1H2;/q4*-1;;;;. The second kappa shape index (κ2) is 21.5. The molecule has 0 nitrogen and oxygen atoms in total. The first-order chi connectivity index (χ1) is 8.69. The molecular formula is C18H32Cl2SiTi-4. The van der Waals surface area contributed by atoms with Gasteiger partial charge in [0.15, 0.2) is 0 Å². The summed E-state index contributed by atoms with van der Waals surface area (Å²) in [5.74, 6) is 0. The van der Waals surface area contributed by atoms with Crippen molar-refractivity contribution in [1.82, 2.24) is 0 Å². The zero-order chi connectivity index (χ0) is 14.0. The van der Waals surface area contributed by atoms with E-state index < -0.39 is 0 Å². The molecule has 0 saturated heterocycles. The fraction of sp³-hybridized carbons (Fsp3) is 0.444. The molecule has 2 aliphatic rings. The Balaban J connectivity index is -0.0000000676. The number of hydrogen-bond acceptors (Lipinski definition) is 0. The maximum absolute atomic E-state index is 3.28. The monoisotopic (exact) mass is 394 g/mol. The maximum atomic E-state index is 3.28. The van der Waals surface area contributed by atoms with Gasteiger partial charge in [-0.1, -0.05) is 26.7 Å². The van der Waals surface area contributed by atoms with Gasteiger partial charge in [-0.2, -0.15) is 12.2 Å². The molecule has 0 spiro atoms. The molecule has 0 fully saturated rings. The van der Waals surface area contributed by atoms with Crippen molar-refractivity contribution in [3.8, 4) is 0 Å². The van der Waals surface area contributed by atoms with Crippen molar-refractivity contribution in [2.75, 3.05) is 0 Å². The Morgan fingerprint density at radius 1 is 0.864 bits per heavy atom. The Morgan fingerprint density at radius 2 is 1.14 bits per heavy atom. The summed E-state index contributed by atoms with van der Waals surface area (Å²) in [6.45, 7) is 8.65. The molecule has 0 aromatic rings. The Bertz CT molecular complexity index is 347. The zero-order valence-corrected chi connectivity index (χ0v) is 19.6. The number of halogens is 2. The number of hydrogen-bond donors (Lipinski definition) is 0. The molecular weight excluding hydrogens is 363 g/mol. The van der Waals surface area contributed by atoms with Crippen LogP contribution in [0.1, 0.15) is 53.4 Å². The molecule has 4 heteroatoms. The van der Waals surface area contributed by atoms with Crippen molar-refractivity contribution < 1.29 is 19.2 Å². The van der Waals surface area contributed by atoms with Crippen molar-refractivity contribution in [3.05, 3.63) is 61.4 Å². The van der Waals surface area contributed by atoms with Crippen molar-refractivity contribution >= 4 is 32.4 Å². The number of rotatable bonds is 2. The molecule has 130 valence electrons. The van der Waals surface area contributed by atoms with Crippen molar-refractivity contribution in [2.24, 2.45) is 0 Å². The summed E-state index contributed by atoms with van der Waals surface area (Å²) in [7, 11) is 1.86. The van der Waals surface area contributed by atoms with E-state index in [0.29, 0.717) is 0 Å². The van der Waals surface area contributed by atoms with Gasteiger partial charge >= 0.3 is 26.8 Å². The van der Waals surface area contributed by atoms with E-state index >= 15 is 0 Å². The third-order valence-electron chi connectivity index (χ3n) is 3.11. The van der Waals surface area contributed by atoms with E-state index in [9.17, 15) is 0 Å². The Labute approximate surface area is 165 Å². The Hall–Kier alpha value is 0.471. The minimum atomic E-state index is 0. The van der Waals surface area contributed by atoms with Crippen LogP contribution >= 0.6 is 24.8 Å². The fourth-order valence-corrected chi connectivity index (χ4v) is 1.99. The second-order valence-corrected chi connectivity index (χ2v) is 4.20. The quantitative estimate of drug-likeness (QED) is 0.411. The molecule has 0 amide bonds. The molecule has 2 aliphatic carbocycles. The van der Waals surface area contributed by atoms with Crippen LogP contribution < -0.4 is 0 Å². The average Bonchev–Trinajstić information content (AvgIpc) is 3.00. The summed E-state index contributed by atoms with van der Waals surface area (Å²) in [6.07, 6.45) is 15.4. The minimum absolute atomic E-state index is 0. The van der Waals surface area contributed by atoms with E-state index in [1.54, 1.807) is 0 Å². The summed E-state index contributed by atoms with van der Waals surface area (Å²) < 4.78 is 0. The van der Waals surface area contributed by atoms with E-state index in [1.165, 1.54) is 22.3 Å². The third kappa shape index (κ3) is 13.0. The van der Waals surface area contributed by atoms with Crippen LogP contribution in [-0.2, 0) is 19.2 Å². The molecule has 0 radical (unpaired) electrons. The van der Waals surface area contributed by atoms with Crippen LogP contribution in [0, 0.1) is 27.0 Å². The predicted octanol–water partition coefficient (Wildman–Crippen LogP) is 5.78. The van der Waals surface area contributed by atoms with E-state index in [4.69, 9.17) is 0 Å². The van der Waals surface area contributed by atoms with E-state index in [2.05, 4.69) is 52.0 Å². The van der Waals surface area contributed by atoms with Gasteiger partial charge in [0, 0.05) is 0 Å².